The van der Waals surface area contributed by atoms with Crippen molar-refractivity contribution in [3.8, 4) is 0 Å². The zero-order valence-corrected chi connectivity index (χ0v) is 16.1. The van der Waals surface area contributed by atoms with E-state index in [1.807, 2.05) is 19.3 Å². The Bertz CT molecular complexity index is 953. The van der Waals surface area contributed by atoms with Crippen molar-refractivity contribution in [3.63, 3.8) is 0 Å². The number of aromatic nitrogens is 4. The van der Waals surface area contributed by atoms with Crippen LogP contribution in [0.25, 0.3) is 0 Å². The molecule has 6 nitrogen and oxygen atoms in total. The molecule has 0 saturated heterocycles. The van der Waals surface area contributed by atoms with Gasteiger partial charge < -0.3 is 4.57 Å². The highest BCUT2D eigenvalue weighted by Gasteiger charge is 2.26. The molecule has 0 aliphatic carbocycles. The van der Waals surface area contributed by atoms with E-state index in [1.165, 1.54) is 5.56 Å². The van der Waals surface area contributed by atoms with Crippen LogP contribution in [-0.4, -0.2) is 26.6 Å². The molecule has 1 aliphatic heterocycles. The summed E-state index contributed by atoms with van der Waals surface area (Å²) in [4.78, 5) is 20.3. The average molecular weight is 367 g/mol. The molecule has 134 valence electrons. The Morgan fingerprint density at radius 3 is 2.85 bits per heavy atom. The van der Waals surface area contributed by atoms with Crippen molar-refractivity contribution in [1.29, 1.82) is 0 Å². The van der Waals surface area contributed by atoms with Gasteiger partial charge in [0.05, 0.1) is 18.5 Å². The van der Waals surface area contributed by atoms with Crippen molar-refractivity contribution in [3.05, 3.63) is 53.9 Å². The molecule has 2 aromatic heterocycles. The highest BCUT2D eigenvalue weighted by atomic mass is 32.2. The summed E-state index contributed by atoms with van der Waals surface area (Å²) < 4.78 is 2.19. The van der Waals surface area contributed by atoms with E-state index in [0.29, 0.717) is 5.92 Å². The van der Waals surface area contributed by atoms with Crippen LogP contribution in [0.4, 0.5) is 11.5 Å². The minimum atomic E-state index is 0.388. The van der Waals surface area contributed by atoms with E-state index in [1.54, 1.807) is 30.1 Å². The molecule has 0 spiro atoms. The van der Waals surface area contributed by atoms with Gasteiger partial charge in [-0.25, -0.2) is 15.0 Å². The number of hydrogen-bond acceptors (Lipinski definition) is 6. The van der Waals surface area contributed by atoms with Gasteiger partial charge in [0.15, 0.2) is 5.82 Å². The minimum Gasteiger partial charge on any atom is -0.330 e. The van der Waals surface area contributed by atoms with Crippen molar-refractivity contribution in [2.24, 2.45) is 0 Å². The van der Waals surface area contributed by atoms with Crippen LogP contribution in [-0.2, 0) is 11.4 Å². The van der Waals surface area contributed by atoms with Crippen LogP contribution in [0.2, 0.25) is 0 Å². The summed E-state index contributed by atoms with van der Waals surface area (Å²) in [6.45, 7) is 7.03. The zero-order chi connectivity index (χ0) is 18.3. The summed E-state index contributed by atoms with van der Waals surface area (Å²) in [5, 5.41) is 2.62. The van der Waals surface area contributed by atoms with Crippen molar-refractivity contribution >= 4 is 23.3 Å². The first-order valence-corrected chi connectivity index (χ1v) is 9.38. The summed E-state index contributed by atoms with van der Waals surface area (Å²) >= 11 is 1.62. The summed E-state index contributed by atoms with van der Waals surface area (Å²) in [6, 6.07) is 6.43. The van der Waals surface area contributed by atoms with Crippen LogP contribution < -0.4 is 5.06 Å². The van der Waals surface area contributed by atoms with Crippen molar-refractivity contribution in [2.75, 3.05) is 12.2 Å². The molecule has 0 unspecified atom stereocenters. The van der Waals surface area contributed by atoms with Gasteiger partial charge in [0.25, 0.3) is 0 Å². The minimum absolute atomic E-state index is 0.388. The molecule has 0 saturated carbocycles. The van der Waals surface area contributed by atoms with E-state index in [0.717, 1.165) is 39.5 Å². The summed E-state index contributed by atoms with van der Waals surface area (Å²) in [5.74, 6) is 2.22. The molecule has 3 aromatic rings. The van der Waals surface area contributed by atoms with Gasteiger partial charge >= 0.3 is 0 Å². The van der Waals surface area contributed by atoms with E-state index in [9.17, 15) is 0 Å². The lowest BCUT2D eigenvalue weighted by Crippen LogP contribution is -2.21. The average Bonchev–Trinajstić information content (AvgIpc) is 3.08. The highest BCUT2D eigenvalue weighted by Crippen LogP contribution is 2.46. The van der Waals surface area contributed by atoms with Gasteiger partial charge in [-0.05, 0) is 24.6 Å². The van der Waals surface area contributed by atoms with Crippen molar-refractivity contribution in [2.45, 2.75) is 43.2 Å². The SMILES string of the molecule is CON1c2cc(Cn3ccnc3C(C)C)ccc2Sc2ncc(C)nc21. The van der Waals surface area contributed by atoms with Gasteiger partial charge in [0, 0.05) is 35.9 Å². The van der Waals surface area contributed by atoms with Gasteiger partial charge in [-0.1, -0.05) is 31.7 Å². The van der Waals surface area contributed by atoms with E-state index in [-0.39, 0.29) is 0 Å². The number of imidazole rings is 1. The van der Waals surface area contributed by atoms with E-state index in [2.05, 4.69) is 51.6 Å². The second-order valence-electron chi connectivity index (χ2n) is 6.59. The second kappa shape index (κ2) is 6.74. The number of rotatable bonds is 4. The number of aryl methyl sites for hydroxylation is 1. The Balaban J connectivity index is 1.71. The third kappa shape index (κ3) is 2.97. The van der Waals surface area contributed by atoms with Crippen molar-refractivity contribution in [1.82, 2.24) is 19.5 Å². The van der Waals surface area contributed by atoms with E-state index < -0.39 is 0 Å². The molecule has 7 heteroatoms. The van der Waals surface area contributed by atoms with E-state index >= 15 is 0 Å². The Morgan fingerprint density at radius 1 is 1.23 bits per heavy atom. The molecule has 3 heterocycles. The Kier molecular flexibility index (Phi) is 4.42. The van der Waals surface area contributed by atoms with Crippen LogP contribution in [0.15, 0.2) is 46.7 Å². The molecule has 26 heavy (non-hydrogen) atoms. The van der Waals surface area contributed by atoms with Crippen LogP contribution in [0.3, 0.4) is 0 Å². The monoisotopic (exact) mass is 367 g/mol. The van der Waals surface area contributed by atoms with Crippen LogP contribution in [0.5, 0.6) is 0 Å². The number of hydrogen-bond donors (Lipinski definition) is 0. The molecule has 1 aliphatic rings. The molecule has 0 radical (unpaired) electrons. The molecule has 4 rings (SSSR count). The molecule has 0 atom stereocenters. The summed E-state index contributed by atoms with van der Waals surface area (Å²) in [7, 11) is 1.66. The molecule has 0 bridgehead atoms. The second-order valence-corrected chi connectivity index (χ2v) is 7.62. The first-order chi connectivity index (χ1) is 12.6. The molecule has 0 N–H and O–H groups in total. The molecular formula is C19H21N5OS. The highest BCUT2D eigenvalue weighted by molar-refractivity contribution is 7.99. The maximum absolute atomic E-state index is 5.65. The standard InChI is InChI=1S/C19H21N5OS/c1-12(2)17-20-7-8-23(17)11-14-5-6-16-15(9-14)24(25-4)18-19(26-16)21-10-13(3)22-18/h5-10,12H,11H2,1-4H3. The molecule has 1 aromatic carbocycles. The maximum Gasteiger partial charge on any atom is 0.191 e. The number of anilines is 2. The van der Waals surface area contributed by atoms with Gasteiger partial charge in [0.1, 0.15) is 10.9 Å². The first-order valence-electron chi connectivity index (χ1n) is 8.56. The smallest absolute Gasteiger partial charge is 0.191 e. The lowest BCUT2D eigenvalue weighted by Gasteiger charge is -2.29. The third-order valence-corrected chi connectivity index (χ3v) is 5.33. The number of fused-ring (bicyclic) bond motifs is 2. The third-order valence-electron chi connectivity index (χ3n) is 4.28. The van der Waals surface area contributed by atoms with Crippen LogP contribution >= 0.6 is 11.8 Å². The number of nitrogens with zero attached hydrogens (tertiary/aromatic N) is 5. The summed E-state index contributed by atoms with van der Waals surface area (Å²) in [5.41, 5.74) is 3.05. The number of benzene rings is 1. The van der Waals surface area contributed by atoms with E-state index in [4.69, 9.17) is 4.84 Å². The fourth-order valence-electron chi connectivity index (χ4n) is 3.12. The lowest BCUT2D eigenvalue weighted by molar-refractivity contribution is 0.195. The first kappa shape index (κ1) is 17.1. The molecule has 0 fully saturated rings. The largest absolute Gasteiger partial charge is 0.330 e. The lowest BCUT2D eigenvalue weighted by atomic mass is 10.1. The predicted octanol–water partition coefficient (Wildman–Crippen LogP) is 4.32. The van der Waals surface area contributed by atoms with Crippen LogP contribution in [0.1, 0.15) is 36.8 Å². The normalized spacial score (nSPS) is 13.0. The fraction of sp³-hybridized carbons (Fsp3) is 0.316. The fourth-order valence-corrected chi connectivity index (χ4v) is 4.04. The summed E-state index contributed by atoms with van der Waals surface area (Å²) in [6.07, 6.45) is 5.67. The zero-order valence-electron chi connectivity index (χ0n) is 15.3. The Hall–Kier alpha value is -2.38. The predicted molar refractivity (Wildman–Crippen MR) is 102 cm³/mol. The quantitative estimate of drug-likeness (QED) is 0.685. The topological polar surface area (TPSA) is 56.1 Å². The molecular weight excluding hydrogens is 346 g/mol. The molecule has 0 amide bonds. The van der Waals surface area contributed by atoms with Crippen molar-refractivity contribution < 1.29 is 4.84 Å². The van der Waals surface area contributed by atoms with Gasteiger partial charge in [-0.2, -0.15) is 5.06 Å². The van der Waals surface area contributed by atoms with Gasteiger partial charge in [-0.3, -0.25) is 4.84 Å². The Morgan fingerprint density at radius 2 is 2.08 bits per heavy atom. The Labute approximate surface area is 157 Å². The maximum atomic E-state index is 5.65. The van der Waals surface area contributed by atoms with Crippen LogP contribution in [0, 0.1) is 6.92 Å². The van der Waals surface area contributed by atoms with Gasteiger partial charge in [-0.15, -0.1) is 0 Å². The van der Waals surface area contributed by atoms with Gasteiger partial charge in [0.2, 0.25) is 0 Å².